The molecule has 0 saturated heterocycles. The van der Waals surface area contributed by atoms with Gasteiger partial charge in [-0.25, -0.2) is 0 Å². The van der Waals surface area contributed by atoms with Crippen LogP contribution in [0.5, 0.6) is 0 Å². The Balaban J connectivity index is 0.000000186. The van der Waals surface area contributed by atoms with Gasteiger partial charge in [-0.15, -0.1) is 12.2 Å². The van der Waals surface area contributed by atoms with Crippen LogP contribution in [0.15, 0.2) is 72.8 Å². The van der Waals surface area contributed by atoms with Crippen LogP contribution in [0, 0.1) is 105 Å². The molecule has 0 aromatic heterocycles. The second-order valence-electron chi connectivity index (χ2n) is 30.1. The number of benzene rings is 2. The van der Waals surface area contributed by atoms with Gasteiger partial charge in [0.05, 0.1) is 0 Å². The molecule has 7 heteroatoms. The molecule has 0 N–H and O–H groups in total. The first-order valence-electron chi connectivity index (χ1n) is 33.1. The number of hydrogen-bond acceptors (Lipinski definition) is 6. The molecule has 8 fully saturated rings. The van der Waals surface area contributed by atoms with Crippen molar-refractivity contribution in [1.29, 1.82) is 0 Å². The molecule has 81 heavy (non-hydrogen) atoms. The second-order valence-corrected chi connectivity index (χ2v) is 30.1. The molecule has 8 aliphatic carbocycles. The summed E-state index contributed by atoms with van der Waals surface area (Å²) in [6, 6.07) is 17.4. The van der Waals surface area contributed by atoms with Gasteiger partial charge in [0, 0.05) is 21.7 Å². The average molecular weight is 1150 g/mol. The Morgan fingerprint density at radius 2 is 0.802 bits per heavy atom. The number of allylic oxidation sites excluding steroid dienone is 2. The van der Waals surface area contributed by atoms with E-state index in [0.717, 1.165) is 121 Å². The van der Waals surface area contributed by atoms with E-state index in [-0.39, 0.29) is 57.0 Å². The summed E-state index contributed by atoms with van der Waals surface area (Å²) in [4.78, 5) is 21.1. The van der Waals surface area contributed by atoms with Crippen LogP contribution in [0.4, 0.5) is 0 Å². The standard InChI is InChI=1S/2C27H47O.2C10H10O2.Ti/c2*1-18(2)7-6-8-19(3)23-11-12-24-22-10-9-20-17-21(28)13-15-26(20,4)25(22)14-16-27(23,24)5;2*1-8(11)7-10(12)9-5-3-2-4-6-9;/h2*18-25H,6-17H2,1-5H3;2*2-7,12H,1H3;/q2*-1;;;/p-2/b;;2*10-7-;/t2*19?,20?,21-,22-,23+,24?,25?,26-,27+;;;/m00.../s1. The monoisotopic (exact) mass is 1140 g/mol. The minimum absolute atomic E-state index is 0. The normalized spacial score (nSPS) is 37.5. The maximum Gasteiger partial charge on any atom is 0.152 e. The first-order valence-corrected chi connectivity index (χ1v) is 33.1. The van der Waals surface area contributed by atoms with Crippen LogP contribution in [0.2, 0.25) is 0 Å². The molecular weight excluding hydrogens is 1030 g/mol. The molecule has 0 spiro atoms. The van der Waals surface area contributed by atoms with Crippen molar-refractivity contribution in [3.8, 4) is 0 Å². The van der Waals surface area contributed by atoms with Crippen LogP contribution < -0.4 is 20.4 Å². The minimum Gasteiger partial charge on any atom is -0.872 e. The van der Waals surface area contributed by atoms with E-state index >= 15 is 0 Å². The van der Waals surface area contributed by atoms with Crippen molar-refractivity contribution in [1.82, 2.24) is 0 Å². The van der Waals surface area contributed by atoms with Gasteiger partial charge >= 0.3 is 0 Å². The zero-order valence-corrected chi connectivity index (χ0v) is 54.6. The maximum atomic E-state index is 12.2. The zero-order valence-electron chi connectivity index (χ0n) is 53.1. The van der Waals surface area contributed by atoms with Crippen LogP contribution in [0.3, 0.4) is 0 Å². The molecule has 6 nitrogen and oxygen atoms in total. The Morgan fingerprint density at radius 3 is 1.14 bits per heavy atom. The number of ketones is 2. The molecule has 8 unspecified atom stereocenters. The first kappa shape index (κ1) is 67.6. The molecule has 452 valence electrons. The molecule has 0 heterocycles. The van der Waals surface area contributed by atoms with Crippen molar-refractivity contribution in [2.45, 2.75) is 249 Å². The van der Waals surface area contributed by atoms with E-state index in [4.69, 9.17) is 0 Å². The van der Waals surface area contributed by atoms with Crippen LogP contribution >= 0.6 is 0 Å². The molecule has 2 aromatic carbocycles. The Morgan fingerprint density at radius 1 is 0.469 bits per heavy atom. The van der Waals surface area contributed by atoms with E-state index in [1.54, 1.807) is 48.5 Å². The van der Waals surface area contributed by atoms with E-state index in [9.17, 15) is 30.0 Å². The van der Waals surface area contributed by atoms with Gasteiger partial charge in [0.2, 0.25) is 0 Å². The maximum absolute atomic E-state index is 12.2. The number of fused-ring (bicyclic) bond motifs is 10. The molecule has 0 aliphatic heterocycles. The Kier molecular flexibility index (Phi) is 24.8. The number of carbonyl (C=O) groups is 2. The Labute approximate surface area is 509 Å². The van der Waals surface area contributed by atoms with Gasteiger partial charge in [-0.3, -0.25) is 9.59 Å². The van der Waals surface area contributed by atoms with E-state index in [1.807, 2.05) is 12.1 Å². The van der Waals surface area contributed by atoms with Gasteiger partial charge in [-0.1, -0.05) is 206 Å². The summed E-state index contributed by atoms with van der Waals surface area (Å²) in [7, 11) is 0. The average Bonchev–Trinajstić information content (AvgIpc) is 4.21. The van der Waals surface area contributed by atoms with Crippen LogP contribution in [-0.4, -0.2) is 23.8 Å². The molecule has 10 rings (SSSR count). The third-order valence-corrected chi connectivity index (χ3v) is 24.4. The minimum atomic E-state index is -0.258. The smallest absolute Gasteiger partial charge is 0.152 e. The SMILES string of the molecule is CC(=O)/C=C(\[O-])c1ccccc1.CC(=O)/C=C(\[O-])c1ccccc1.CC(C)CCCC(C)[C@H]1CCC2[C@@H]3CCC4C[C@@H]([O-])CC[C@]4(C)C3CC[C@@]21C.CC(C)CCCC(C)[C@H]1CCC2[C@@H]3CCC4C[C@@H]([O-])CC[C@]4(C)C3CC[C@@]21C.[Ti]. The third kappa shape index (κ3) is 16.1. The molecule has 8 saturated carbocycles. The van der Waals surface area contributed by atoms with E-state index in [0.29, 0.717) is 32.8 Å². The molecule has 0 bridgehead atoms. The van der Waals surface area contributed by atoms with Crippen LogP contribution in [-0.2, 0) is 31.3 Å². The van der Waals surface area contributed by atoms with E-state index in [2.05, 4.69) is 69.2 Å². The Bertz CT molecular complexity index is 2170. The number of hydrogen-bond donors (Lipinski definition) is 0. The van der Waals surface area contributed by atoms with Crippen molar-refractivity contribution in [2.24, 2.45) is 105 Å². The molecular formula is C74H112O6Ti-4. The fourth-order valence-corrected chi connectivity index (χ4v) is 20.2. The number of rotatable bonds is 14. The van der Waals surface area contributed by atoms with Crippen molar-refractivity contribution < 1.29 is 51.7 Å². The van der Waals surface area contributed by atoms with Crippen molar-refractivity contribution in [3.05, 3.63) is 83.9 Å². The van der Waals surface area contributed by atoms with Crippen molar-refractivity contribution >= 4 is 23.1 Å². The van der Waals surface area contributed by atoms with Gasteiger partial charge in [0.15, 0.2) is 11.6 Å². The van der Waals surface area contributed by atoms with Gasteiger partial charge in [0.25, 0.3) is 0 Å². The predicted molar refractivity (Wildman–Crippen MR) is 324 cm³/mol. The molecule has 8 aliphatic rings. The van der Waals surface area contributed by atoms with Crippen LogP contribution in [0.25, 0.3) is 11.5 Å². The molecule has 2 aromatic rings. The third-order valence-electron chi connectivity index (χ3n) is 24.4. The summed E-state index contributed by atoms with van der Waals surface area (Å²) in [5, 5.41) is 46.7. The Hall–Kier alpha value is -2.51. The fourth-order valence-electron chi connectivity index (χ4n) is 20.2. The summed E-state index contributed by atoms with van der Waals surface area (Å²) in [5.74, 6) is 11.8. The van der Waals surface area contributed by atoms with E-state index in [1.165, 1.54) is 142 Å². The van der Waals surface area contributed by atoms with Gasteiger partial charge < -0.3 is 20.4 Å². The topological polar surface area (TPSA) is 126 Å². The predicted octanol–water partition coefficient (Wildman–Crippen LogP) is 15.6. The quantitative estimate of drug-likeness (QED) is 0.105. The van der Waals surface area contributed by atoms with Crippen molar-refractivity contribution in [2.75, 3.05) is 0 Å². The van der Waals surface area contributed by atoms with Gasteiger partial charge in [-0.2, -0.15) is 0 Å². The molecule has 0 amide bonds. The van der Waals surface area contributed by atoms with Gasteiger partial charge in [0.1, 0.15) is 0 Å². The first-order chi connectivity index (χ1) is 37.9. The molecule has 18 atom stereocenters. The zero-order chi connectivity index (χ0) is 58.2. The summed E-state index contributed by atoms with van der Waals surface area (Å²) < 4.78 is 0. The second kappa shape index (κ2) is 29.7. The summed E-state index contributed by atoms with van der Waals surface area (Å²) in [6.07, 6.45) is 34.0. The number of carbonyl (C=O) groups excluding carboxylic acids is 2. The van der Waals surface area contributed by atoms with Gasteiger partial charge in [-0.05, 0) is 232 Å². The summed E-state index contributed by atoms with van der Waals surface area (Å²) >= 11 is 0. The van der Waals surface area contributed by atoms with E-state index < -0.39 is 0 Å². The summed E-state index contributed by atoms with van der Waals surface area (Å²) in [6.45, 7) is 28.0. The van der Waals surface area contributed by atoms with Crippen LogP contribution in [0.1, 0.15) is 248 Å². The summed E-state index contributed by atoms with van der Waals surface area (Å²) in [5.41, 5.74) is 3.30. The van der Waals surface area contributed by atoms with Crippen molar-refractivity contribution in [3.63, 3.8) is 0 Å². The fraction of sp³-hybridized carbons (Fsp3) is 0.757. The molecule has 0 radical (unpaired) electrons. The largest absolute Gasteiger partial charge is 0.872 e.